The van der Waals surface area contributed by atoms with Gasteiger partial charge in [0.25, 0.3) is 0 Å². The Morgan fingerprint density at radius 3 is 2.52 bits per heavy atom. The van der Waals surface area contributed by atoms with Gasteiger partial charge in [0.15, 0.2) is 0 Å². The lowest BCUT2D eigenvalue weighted by Gasteiger charge is -2.10. The van der Waals surface area contributed by atoms with Gasteiger partial charge in [0.1, 0.15) is 5.69 Å². The maximum absolute atomic E-state index is 11.9. The molecule has 3 nitrogen and oxygen atoms in total. The smallest absolute Gasteiger partial charge is 0.356 e. The average Bonchev–Trinajstić information content (AvgIpc) is 2.54. The summed E-state index contributed by atoms with van der Waals surface area (Å²) in [5.41, 5.74) is 4.25. The fraction of sp³-hybridized carbons (Fsp3) is 0.111. The lowest BCUT2D eigenvalue weighted by atomic mass is 9.98. The number of para-hydroxylation sites is 1. The number of aryl methyl sites for hydroxylation is 1. The quantitative estimate of drug-likeness (QED) is 0.665. The molecule has 21 heavy (non-hydrogen) atoms. The Labute approximate surface area is 123 Å². The van der Waals surface area contributed by atoms with E-state index >= 15 is 0 Å². The Bertz CT molecular complexity index is 810. The monoisotopic (exact) mass is 277 g/mol. The summed E-state index contributed by atoms with van der Waals surface area (Å²) in [7, 11) is 1.37. The number of benzene rings is 2. The lowest BCUT2D eigenvalue weighted by Crippen LogP contribution is -2.05. The summed E-state index contributed by atoms with van der Waals surface area (Å²) in [5, 5.41) is 1.04. The van der Waals surface area contributed by atoms with Crippen LogP contribution in [0.1, 0.15) is 16.1 Å². The minimum Gasteiger partial charge on any atom is -0.464 e. The zero-order valence-electron chi connectivity index (χ0n) is 12.0. The van der Waals surface area contributed by atoms with Crippen LogP contribution in [0.15, 0.2) is 54.6 Å². The predicted octanol–water partition coefficient (Wildman–Crippen LogP) is 4.00. The standard InChI is InChI=1S/C18H15NO2/c1-12-7-6-10-14-15(13-8-4-3-5-9-13)11-16(18(20)21-2)19-17(12)14/h3-11H,1-2H3. The number of pyridine rings is 1. The van der Waals surface area contributed by atoms with Gasteiger partial charge in [-0.05, 0) is 29.7 Å². The second-order valence-electron chi connectivity index (χ2n) is 4.88. The number of ether oxygens (including phenoxy) is 1. The molecule has 3 heteroatoms. The van der Waals surface area contributed by atoms with Crippen molar-refractivity contribution in [1.82, 2.24) is 4.98 Å². The van der Waals surface area contributed by atoms with E-state index in [1.54, 1.807) is 6.07 Å². The fourth-order valence-corrected chi connectivity index (χ4v) is 2.46. The maximum atomic E-state index is 11.9. The molecule has 0 amide bonds. The van der Waals surface area contributed by atoms with Crippen molar-refractivity contribution in [2.24, 2.45) is 0 Å². The summed E-state index contributed by atoms with van der Waals surface area (Å²) in [5.74, 6) is -0.419. The fourth-order valence-electron chi connectivity index (χ4n) is 2.46. The minimum atomic E-state index is -0.419. The zero-order valence-corrected chi connectivity index (χ0v) is 12.0. The zero-order chi connectivity index (χ0) is 14.8. The molecule has 0 radical (unpaired) electrons. The number of carbonyl (C=O) groups is 1. The number of rotatable bonds is 2. The first-order valence-electron chi connectivity index (χ1n) is 6.75. The van der Waals surface area contributed by atoms with Crippen molar-refractivity contribution in [2.45, 2.75) is 6.92 Å². The van der Waals surface area contributed by atoms with Gasteiger partial charge < -0.3 is 4.74 Å². The van der Waals surface area contributed by atoms with Crippen LogP contribution in [0, 0.1) is 6.92 Å². The van der Waals surface area contributed by atoms with Crippen molar-refractivity contribution in [2.75, 3.05) is 7.11 Å². The molecule has 0 N–H and O–H groups in total. The van der Waals surface area contributed by atoms with E-state index in [4.69, 9.17) is 4.74 Å². The van der Waals surface area contributed by atoms with E-state index in [1.165, 1.54) is 7.11 Å². The minimum absolute atomic E-state index is 0.332. The largest absolute Gasteiger partial charge is 0.464 e. The molecule has 3 rings (SSSR count). The van der Waals surface area contributed by atoms with Gasteiger partial charge in [-0.25, -0.2) is 9.78 Å². The Kier molecular flexibility index (Phi) is 3.40. The Morgan fingerprint density at radius 2 is 1.81 bits per heavy atom. The number of methoxy groups -OCH3 is 1. The van der Waals surface area contributed by atoms with Crippen molar-refractivity contribution in [1.29, 1.82) is 0 Å². The molecule has 0 spiro atoms. The Morgan fingerprint density at radius 1 is 1.05 bits per heavy atom. The van der Waals surface area contributed by atoms with E-state index in [-0.39, 0.29) is 0 Å². The van der Waals surface area contributed by atoms with Gasteiger partial charge >= 0.3 is 5.97 Å². The Balaban J connectivity index is 2.36. The number of nitrogens with zero attached hydrogens (tertiary/aromatic N) is 1. The van der Waals surface area contributed by atoms with Crippen molar-refractivity contribution < 1.29 is 9.53 Å². The van der Waals surface area contributed by atoms with Gasteiger partial charge in [-0.3, -0.25) is 0 Å². The first kappa shape index (κ1) is 13.3. The lowest BCUT2D eigenvalue weighted by molar-refractivity contribution is 0.0594. The van der Waals surface area contributed by atoms with Crippen LogP contribution in [0.25, 0.3) is 22.0 Å². The van der Waals surface area contributed by atoms with E-state index in [2.05, 4.69) is 4.98 Å². The van der Waals surface area contributed by atoms with Gasteiger partial charge in [-0.15, -0.1) is 0 Å². The third-order valence-electron chi connectivity index (χ3n) is 3.52. The molecule has 1 heterocycles. The number of hydrogen-bond donors (Lipinski definition) is 0. The van der Waals surface area contributed by atoms with Crippen LogP contribution < -0.4 is 0 Å². The van der Waals surface area contributed by atoms with Gasteiger partial charge in [0.05, 0.1) is 12.6 Å². The first-order chi connectivity index (χ1) is 10.2. The van der Waals surface area contributed by atoms with E-state index in [9.17, 15) is 4.79 Å². The van der Waals surface area contributed by atoms with Crippen molar-refractivity contribution >= 4 is 16.9 Å². The van der Waals surface area contributed by atoms with E-state index in [1.807, 2.05) is 55.5 Å². The van der Waals surface area contributed by atoms with Gasteiger partial charge in [-0.1, -0.05) is 48.5 Å². The van der Waals surface area contributed by atoms with Crippen LogP contribution in [-0.4, -0.2) is 18.1 Å². The number of carbonyl (C=O) groups excluding carboxylic acids is 1. The highest BCUT2D eigenvalue weighted by atomic mass is 16.5. The molecule has 0 saturated carbocycles. The molecule has 0 aliphatic heterocycles. The summed E-state index contributed by atoms with van der Waals surface area (Å²) in [6.07, 6.45) is 0. The predicted molar refractivity (Wildman–Crippen MR) is 83.3 cm³/mol. The maximum Gasteiger partial charge on any atom is 0.356 e. The van der Waals surface area contributed by atoms with Gasteiger partial charge in [0.2, 0.25) is 0 Å². The van der Waals surface area contributed by atoms with Crippen LogP contribution in [-0.2, 0) is 4.74 Å². The summed E-state index contributed by atoms with van der Waals surface area (Å²) < 4.78 is 4.81. The molecular weight excluding hydrogens is 262 g/mol. The van der Waals surface area contributed by atoms with Crippen LogP contribution in [0.5, 0.6) is 0 Å². The molecular formula is C18H15NO2. The SMILES string of the molecule is COC(=O)c1cc(-c2ccccc2)c2cccc(C)c2n1. The molecule has 0 unspecified atom stereocenters. The second kappa shape index (κ2) is 5.37. The molecule has 3 aromatic rings. The number of hydrogen-bond acceptors (Lipinski definition) is 3. The molecule has 1 aromatic heterocycles. The first-order valence-corrected chi connectivity index (χ1v) is 6.75. The number of fused-ring (bicyclic) bond motifs is 1. The summed E-state index contributed by atoms with van der Waals surface area (Å²) >= 11 is 0. The van der Waals surface area contributed by atoms with E-state index in [0.717, 1.165) is 27.6 Å². The molecule has 0 aliphatic carbocycles. The highest BCUT2D eigenvalue weighted by Gasteiger charge is 2.14. The van der Waals surface area contributed by atoms with Gasteiger partial charge in [0, 0.05) is 5.39 Å². The summed E-state index contributed by atoms with van der Waals surface area (Å²) in [4.78, 5) is 16.3. The molecule has 0 saturated heterocycles. The molecule has 0 bridgehead atoms. The summed E-state index contributed by atoms with van der Waals surface area (Å²) in [6, 6.07) is 17.8. The third kappa shape index (κ3) is 2.38. The number of esters is 1. The molecule has 2 aromatic carbocycles. The van der Waals surface area contributed by atoms with E-state index < -0.39 is 5.97 Å². The second-order valence-corrected chi connectivity index (χ2v) is 4.88. The molecule has 0 aliphatic rings. The van der Waals surface area contributed by atoms with E-state index in [0.29, 0.717) is 5.69 Å². The van der Waals surface area contributed by atoms with Crippen LogP contribution in [0.4, 0.5) is 0 Å². The van der Waals surface area contributed by atoms with Crippen molar-refractivity contribution in [3.63, 3.8) is 0 Å². The summed E-state index contributed by atoms with van der Waals surface area (Å²) in [6.45, 7) is 1.99. The molecule has 0 atom stereocenters. The number of aromatic nitrogens is 1. The van der Waals surface area contributed by atoms with Crippen LogP contribution in [0.2, 0.25) is 0 Å². The highest BCUT2D eigenvalue weighted by molar-refractivity contribution is 6.00. The van der Waals surface area contributed by atoms with Crippen LogP contribution >= 0.6 is 0 Å². The van der Waals surface area contributed by atoms with Crippen LogP contribution in [0.3, 0.4) is 0 Å². The molecule has 0 fully saturated rings. The van der Waals surface area contributed by atoms with Gasteiger partial charge in [-0.2, -0.15) is 0 Å². The van der Waals surface area contributed by atoms with Crippen molar-refractivity contribution in [3.8, 4) is 11.1 Å². The highest BCUT2D eigenvalue weighted by Crippen LogP contribution is 2.30. The average molecular weight is 277 g/mol. The normalized spacial score (nSPS) is 10.6. The Hall–Kier alpha value is -2.68. The van der Waals surface area contributed by atoms with Crippen molar-refractivity contribution in [3.05, 3.63) is 65.9 Å². The topological polar surface area (TPSA) is 39.2 Å². The third-order valence-corrected chi connectivity index (χ3v) is 3.52. The molecule has 104 valence electrons.